The molecule has 14 heavy (non-hydrogen) atoms. The van der Waals surface area contributed by atoms with Crippen LogP contribution in [0, 0.1) is 0 Å². The summed E-state index contributed by atoms with van der Waals surface area (Å²) in [5, 5.41) is 11.1. The van der Waals surface area contributed by atoms with Crippen molar-refractivity contribution in [3.05, 3.63) is 17.0 Å². The SMILES string of the molecule is COc1ccc(C2(O)CCCOC2)s1. The third-order valence-electron chi connectivity index (χ3n) is 2.46. The summed E-state index contributed by atoms with van der Waals surface area (Å²) >= 11 is 1.49. The van der Waals surface area contributed by atoms with Gasteiger partial charge in [-0.05, 0) is 25.0 Å². The Morgan fingerprint density at radius 2 is 2.43 bits per heavy atom. The largest absolute Gasteiger partial charge is 0.487 e. The molecular weight excluding hydrogens is 200 g/mol. The molecule has 1 aliphatic heterocycles. The minimum Gasteiger partial charge on any atom is -0.487 e. The van der Waals surface area contributed by atoms with Crippen molar-refractivity contribution in [1.82, 2.24) is 0 Å². The number of thiophene rings is 1. The maximum absolute atomic E-state index is 10.3. The van der Waals surface area contributed by atoms with Crippen molar-refractivity contribution in [2.45, 2.75) is 18.4 Å². The van der Waals surface area contributed by atoms with Gasteiger partial charge in [0.15, 0.2) is 5.06 Å². The number of hydrogen-bond donors (Lipinski definition) is 1. The zero-order valence-corrected chi connectivity index (χ0v) is 8.97. The van der Waals surface area contributed by atoms with E-state index in [2.05, 4.69) is 0 Å². The molecule has 1 N–H and O–H groups in total. The van der Waals surface area contributed by atoms with E-state index in [4.69, 9.17) is 9.47 Å². The first-order chi connectivity index (χ1) is 6.74. The third-order valence-corrected chi connectivity index (χ3v) is 3.70. The van der Waals surface area contributed by atoms with Crippen LogP contribution in [0.3, 0.4) is 0 Å². The molecule has 2 heterocycles. The fourth-order valence-corrected chi connectivity index (χ4v) is 2.58. The average molecular weight is 214 g/mol. The molecule has 0 spiro atoms. The molecule has 1 aromatic rings. The fourth-order valence-electron chi connectivity index (χ4n) is 1.65. The summed E-state index contributed by atoms with van der Waals surface area (Å²) in [7, 11) is 1.64. The maximum Gasteiger partial charge on any atom is 0.173 e. The van der Waals surface area contributed by atoms with Crippen LogP contribution in [-0.2, 0) is 10.3 Å². The summed E-state index contributed by atoms with van der Waals surface area (Å²) in [5.74, 6) is 0. The van der Waals surface area contributed by atoms with Crippen LogP contribution in [0.25, 0.3) is 0 Å². The highest BCUT2D eigenvalue weighted by Crippen LogP contribution is 2.37. The molecule has 1 aliphatic rings. The molecule has 78 valence electrons. The van der Waals surface area contributed by atoms with Gasteiger partial charge in [0.25, 0.3) is 0 Å². The number of aliphatic hydroxyl groups is 1. The quantitative estimate of drug-likeness (QED) is 0.815. The normalized spacial score (nSPS) is 27.6. The molecule has 0 aliphatic carbocycles. The predicted molar refractivity (Wildman–Crippen MR) is 54.8 cm³/mol. The lowest BCUT2D eigenvalue weighted by molar-refractivity contribution is -0.0880. The Morgan fingerprint density at radius 3 is 3.00 bits per heavy atom. The van der Waals surface area contributed by atoms with Gasteiger partial charge in [-0.3, -0.25) is 0 Å². The topological polar surface area (TPSA) is 38.7 Å². The minimum absolute atomic E-state index is 0.399. The zero-order chi connectivity index (χ0) is 10.0. The van der Waals surface area contributed by atoms with Crippen LogP contribution in [-0.4, -0.2) is 25.4 Å². The fraction of sp³-hybridized carbons (Fsp3) is 0.600. The molecule has 3 nitrogen and oxygen atoms in total. The second-order valence-corrected chi connectivity index (χ2v) is 4.56. The van der Waals surface area contributed by atoms with E-state index in [1.165, 1.54) is 11.3 Å². The van der Waals surface area contributed by atoms with Crippen molar-refractivity contribution in [3.8, 4) is 5.06 Å². The van der Waals surface area contributed by atoms with E-state index in [1.54, 1.807) is 7.11 Å². The Hall–Kier alpha value is -0.580. The molecular formula is C10H14O3S. The Morgan fingerprint density at radius 1 is 1.57 bits per heavy atom. The van der Waals surface area contributed by atoms with Gasteiger partial charge in [0.05, 0.1) is 13.7 Å². The lowest BCUT2D eigenvalue weighted by Gasteiger charge is -2.30. The Labute approximate surface area is 87.3 Å². The Balaban J connectivity index is 2.19. The highest BCUT2D eigenvalue weighted by molar-refractivity contribution is 7.14. The van der Waals surface area contributed by atoms with E-state index in [9.17, 15) is 5.11 Å². The highest BCUT2D eigenvalue weighted by atomic mass is 32.1. The number of rotatable bonds is 2. The highest BCUT2D eigenvalue weighted by Gasteiger charge is 2.33. The molecule has 1 unspecified atom stereocenters. The molecule has 1 saturated heterocycles. The van der Waals surface area contributed by atoms with Crippen LogP contribution < -0.4 is 4.74 Å². The van der Waals surface area contributed by atoms with Crippen LogP contribution in [0.1, 0.15) is 17.7 Å². The van der Waals surface area contributed by atoms with Crippen molar-refractivity contribution in [3.63, 3.8) is 0 Å². The van der Waals surface area contributed by atoms with Gasteiger partial charge in [0, 0.05) is 11.5 Å². The monoisotopic (exact) mass is 214 g/mol. The summed E-state index contributed by atoms with van der Waals surface area (Å²) in [5.41, 5.74) is -0.792. The molecule has 1 atom stereocenters. The first-order valence-corrected chi connectivity index (χ1v) is 5.51. The molecule has 0 bridgehead atoms. The molecule has 1 fully saturated rings. The van der Waals surface area contributed by atoms with Gasteiger partial charge < -0.3 is 14.6 Å². The van der Waals surface area contributed by atoms with Crippen LogP contribution in [0.2, 0.25) is 0 Å². The summed E-state index contributed by atoms with van der Waals surface area (Å²) in [6.07, 6.45) is 1.69. The van der Waals surface area contributed by atoms with Gasteiger partial charge >= 0.3 is 0 Å². The van der Waals surface area contributed by atoms with E-state index in [0.717, 1.165) is 29.4 Å². The van der Waals surface area contributed by atoms with E-state index >= 15 is 0 Å². The summed E-state index contributed by atoms with van der Waals surface area (Å²) in [6.45, 7) is 1.15. The smallest absolute Gasteiger partial charge is 0.173 e. The van der Waals surface area contributed by atoms with Gasteiger partial charge in [-0.2, -0.15) is 0 Å². The third kappa shape index (κ3) is 1.78. The second kappa shape index (κ2) is 3.88. The van der Waals surface area contributed by atoms with Gasteiger partial charge in [0.2, 0.25) is 0 Å². The minimum atomic E-state index is -0.792. The summed E-state index contributed by atoms with van der Waals surface area (Å²) in [4.78, 5) is 0.939. The van der Waals surface area contributed by atoms with Gasteiger partial charge in [-0.25, -0.2) is 0 Å². The van der Waals surface area contributed by atoms with Crippen LogP contribution in [0.5, 0.6) is 5.06 Å². The number of ether oxygens (including phenoxy) is 2. The van der Waals surface area contributed by atoms with E-state index in [-0.39, 0.29) is 0 Å². The average Bonchev–Trinajstić information content (AvgIpc) is 2.67. The van der Waals surface area contributed by atoms with Crippen molar-refractivity contribution < 1.29 is 14.6 Å². The van der Waals surface area contributed by atoms with Crippen LogP contribution in [0.4, 0.5) is 0 Å². The molecule has 0 aromatic carbocycles. The van der Waals surface area contributed by atoms with Gasteiger partial charge in [0.1, 0.15) is 5.60 Å². The second-order valence-electron chi connectivity index (χ2n) is 3.51. The Kier molecular flexibility index (Phi) is 2.76. The maximum atomic E-state index is 10.3. The summed E-state index contributed by atoms with van der Waals surface area (Å²) in [6, 6.07) is 3.80. The molecule has 0 radical (unpaired) electrons. The van der Waals surface area contributed by atoms with E-state index in [0.29, 0.717) is 6.61 Å². The predicted octanol–water partition coefficient (Wildman–Crippen LogP) is 1.75. The number of methoxy groups -OCH3 is 1. The van der Waals surface area contributed by atoms with E-state index < -0.39 is 5.60 Å². The first kappa shape index (κ1) is 9.96. The lowest BCUT2D eigenvalue weighted by Crippen LogP contribution is -2.34. The van der Waals surface area contributed by atoms with Crippen LogP contribution >= 0.6 is 11.3 Å². The molecule has 2 rings (SSSR count). The molecule has 4 heteroatoms. The molecule has 0 amide bonds. The molecule has 1 aromatic heterocycles. The van der Waals surface area contributed by atoms with Crippen molar-refractivity contribution in [2.75, 3.05) is 20.3 Å². The van der Waals surface area contributed by atoms with Crippen molar-refractivity contribution in [2.24, 2.45) is 0 Å². The van der Waals surface area contributed by atoms with Gasteiger partial charge in [-0.1, -0.05) is 0 Å². The van der Waals surface area contributed by atoms with Gasteiger partial charge in [-0.15, -0.1) is 11.3 Å². The summed E-state index contributed by atoms with van der Waals surface area (Å²) < 4.78 is 10.4. The zero-order valence-electron chi connectivity index (χ0n) is 8.16. The molecule has 0 saturated carbocycles. The van der Waals surface area contributed by atoms with Crippen molar-refractivity contribution in [1.29, 1.82) is 0 Å². The van der Waals surface area contributed by atoms with E-state index in [1.807, 2.05) is 12.1 Å². The van der Waals surface area contributed by atoms with Crippen molar-refractivity contribution >= 4 is 11.3 Å². The lowest BCUT2D eigenvalue weighted by atomic mass is 9.95. The standard InChI is InChI=1S/C10H14O3S/c1-12-9-4-3-8(14-9)10(11)5-2-6-13-7-10/h3-4,11H,2,5-7H2,1H3. The first-order valence-electron chi connectivity index (χ1n) is 4.69. The van der Waals surface area contributed by atoms with Crippen LogP contribution in [0.15, 0.2) is 12.1 Å². The number of hydrogen-bond acceptors (Lipinski definition) is 4. The Bertz CT molecular complexity index is 302.